The summed E-state index contributed by atoms with van der Waals surface area (Å²) < 4.78 is 10.2. The molecule has 0 saturated heterocycles. The second kappa shape index (κ2) is 7.88. The molecule has 0 unspecified atom stereocenters. The Morgan fingerprint density at radius 3 is 2.92 bits per heavy atom. The van der Waals surface area contributed by atoms with Gasteiger partial charge in [-0.05, 0) is 37.4 Å². The predicted octanol–water partition coefficient (Wildman–Crippen LogP) is 3.03. The Morgan fingerprint density at radius 2 is 2.24 bits per heavy atom. The van der Waals surface area contributed by atoms with E-state index in [1.165, 1.54) is 11.3 Å². The molecule has 3 aromatic rings. The molecule has 0 saturated carbocycles. The van der Waals surface area contributed by atoms with E-state index in [0.29, 0.717) is 10.5 Å². The Bertz CT molecular complexity index is 955. The standard InChI is InChI=1S/C17H20N4O2S2/c1-4-20-8-7-13(19-20)16(22)18-17-21(9-10-24-3)14-6-5-12(23-2)11-15(14)25-17/h5-8,11H,4,9-10H2,1-3H3. The molecule has 2 heterocycles. The monoisotopic (exact) mass is 376 g/mol. The Labute approximate surface area is 154 Å². The van der Waals surface area contributed by atoms with Gasteiger partial charge < -0.3 is 9.30 Å². The number of hydrogen-bond donors (Lipinski definition) is 0. The van der Waals surface area contributed by atoms with Gasteiger partial charge >= 0.3 is 0 Å². The number of rotatable bonds is 6. The average molecular weight is 377 g/mol. The molecular formula is C17H20N4O2S2. The molecule has 132 valence electrons. The van der Waals surface area contributed by atoms with E-state index in [9.17, 15) is 4.79 Å². The summed E-state index contributed by atoms with van der Waals surface area (Å²) in [6, 6.07) is 7.63. The fourth-order valence-corrected chi connectivity index (χ4v) is 3.91. The van der Waals surface area contributed by atoms with Crippen LogP contribution in [0.1, 0.15) is 17.4 Å². The number of carbonyl (C=O) groups excluding carboxylic acids is 1. The number of carbonyl (C=O) groups is 1. The van der Waals surface area contributed by atoms with Crippen LogP contribution in [0.5, 0.6) is 5.75 Å². The molecule has 0 fully saturated rings. The molecule has 0 aliphatic rings. The maximum Gasteiger partial charge on any atom is 0.300 e. The third-order valence-corrected chi connectivity index (χ3v) is 5.42. The smallest absolute Gasteiger partial charge is 0.300 e. The Morgan fingerprint density at radius 1 is 1.40 bits per heavy atom. The molecule has 0 atom stereocenters. The van der Waals surface area contributed by atoms with Gasteiger partial charge in [0.25, 0.3) is 5.91 Å². The van der Waals surface area contributed by atoms with Gasteiger partial charge in [-0.3, -0.25) is 9.48 Å². The highest BCUT2D eigenvalue weighted by molar-refractivity contribution is 7.98. The third-order valence-electron chi connectivity index (χ3n) is 3.79. The SMILES string of the molecule is CCn1ccc(C(=O)N=c2sc3cc(OC)ccc3n2CCSC)n1. The molecular weight excluding hydrogens is 356 g/mol. The fraction of sp³-hybridized carbons (Fsp3) is 0.353. The molecule has 6 nitrogen and oxygen atoms in total. The summed E-state index contributed by atoms with van der Waals surface area (Å²) in [6.45, 7) is 3.50. The van der Waals surface area contributed by atoms with E-state index in [1.54, 1.807) is 35.8 Å². The van der Waals surface area contributed by atoms with Crippen LogP contribution in [0, 0.1) is 0 Å². The number of methoxy groups -OCH3 is 1. The number of fused-ring (bicyclic) bond motifs is 1. The van der Waals surface area contributed by atoms with E-state index < -0.39 is 0 Å². The van der Waals surface area contributed by atoms with Gasteiger partial charge in [-0.1, -0.05) is 11.3 Å². The van der Waals surface area contributed by atoms with E-state index in [0.717, 1.165) is 34.8 Å². The summed E-state index contributed by atoms with van der Waals surface area (Å²) in [4.78, 5) is 17.5. The number of benzene rings is 1. The maximum atomic E-state index is 12.5. The van der Waals surface area contributed by atoms with E-state index in [1.807, 2.05) is 25.1 Å². The van der Waals surface area contributed by atoms with Gasteiger partial charge in [-0.2, -0.15) is 21.9 Å². The number of thiazole rings is 1. The summed E-state index contributed by atoms with van der Waals surface area (Å²) >= 11 is 3.25. The van der Waals surface area contributed by atoms with Crippen LogP contribution >= 0.6 is 23.1 Å². The fourth-order valence-electron chi connectivity index (χ4n) is 2.46. The summed E-state index contributed by atoms with van der Waals surface area (Å²) in [7, 11) is 1.65. The lowest BCUT2D eigenvalue weighted by molar-refractivity contribution is 0.0992. The number of ether oxygens (including phenoxy) is 1. The number of thioether (sulfide) groups is 1. The zero-order valence-electron chi connectivity index (χ0n) is 14.4. The molecule has 2 aromatic heterocycles. The summed E-state index contributed by atoms with van der Waals surface area (Å²) in [5, 5.41) is 4.24. The number of hydrogen-bond acceptors (Lipinski definition) is 5. The second-order valence-electron chi connectivity index (χ2n) is 5.34. The van der Waals surface area contributed by atoms with E-state index in [2.05, 4.69) is 20.9 Å². The van der Waals surface area contributed by atoms with Gasteiger partial charge in [0.05, 0.1) is 17.3 Å². The zero-order valence-corrected chi connectivity index (χ0v) is 16.1. The molecule has 0 spiro atoms. The minimum atomic E-state index is -0.316. The summed E-state index contributed by atoms with van der Waals surface area (Å²) in [5.41, 5.74) is 1.43. The highest BCUT2D eigenvalue weighted by Gasteiger charge is 2.12. The summed E-state index contributed by atoms with van der Waals surface area (Å²) in [5.74, 6) is 1.43. The minimum Gasteiger partial charge on any atom is -0.497 e. The molecule has 0 radical (unpaired) electrons. The molecule has 0 bridgehead atoms. The molecule has 25 heavy (non-hydrogen) atoms. The van der Waals surface area contributed by atoms with Crippen LogP contribution < -0.4 is 9.54 Å². The first-order valence-electron chi connectivity index (χ1n) is 7.95. The summed E-state index contributed by atoms with van der Waals surface area (Å²) in [6.07, 6.45) is 3.86. The van der Waals surface area contributed by atoms with Crippen molar-refractivity contribution in [1.29, 1.82) is 0 Å². The van der Waals surface area contributed by atoms with Gasteiger partial charge in [0.2, 0.25) is 0 Å². The van der Waals surface area contributed by atoms with Crippen LogP contribution in [-0.2, 0) is 13.1 Å². The number of nitrogens with zero attached hydrogens (tertiary/aromatic N) is 4. The van der Waals surface area contributed by atoms with Crippen molar-refractivity contribution >= 4 is 39.2 Å². The molecule has 3 rings (SSSR count). The van der Waals surface area contributed by atoms with Crippen LogP contribution in [0.25, 0.3) is 10.2 Å². The van der Waals surface area contributed by atoms with E-state index in [4.69, 9.17) is 4.74 Å². The number of aromatic nitrogens is 3. The number of aryl methyl sites for hydroxylation is 2. The Kier molecular flexibility index (Phi) is 5.60. The van der Waals surface area contributed by atoms with Crippen LogP contribution in [0.2, 0.25) is 0 Å². The first kappa shape index (κ1) is 17.8. The van der Waals surface area contributed by atoms with Crippen molar-refractivity contribution in [3.63, 3.8) is 0 Å². The molecule has 0 aliphatic carbocycles. The normalized spacial score (nSPS) is 12.0. The highest BCUT2D eigenvalue weighted by Crippen LogP contribution is 2.23. The Hall–Kier alpha value is -2.06. The zero-order chi connectivity index (χ0) is 17.8. The van der Waals surface area contributed by atoms with E-state index in [-0.39, 0.29) is 5.91 Å². The van der Waals surface area contributed by atoms with Gasteiger partial charge in [-0.15, -0.1) is 0 Å². The van der Waals surface area contributed by atoms with Crippen molar-refractivity contribution in [3.8, 4) is 5.75 Å². The lowest BCUT2D eigenvalue weighted by Crippen LogP contribution is -2.18. The predicted molar refractivity (Wildman–Crippen MR) is 103 cm³/mol. The number of amides is 1. The molecule has 0 aliphatic heterocycles. The maximum absolute atomic E-state index is 12.5. The second-order valence-corrected chi connectivity index (χ2v) is 7.33. The van der Waals surface area contributed by atoms with Crippen molar-refractivity contribution in [3.05, 3.63) is 41.0 Å². The quantitative estimate of drug-likeness (QED) is 0.663. The van der Waals surface area contributed by atoms with Crippen molar-refractivity contribution in [2.24, 2.45) is 4.99 Å². The van der Waals surface area contributed by atoms with Gasteiger partial charge in [0, 0.05) is 25.0 Å². The van der Waals surface area contributed by atoms with Gasteiger partial charge in [-0.25, -0.2) is 0 Å². The Balaban J connectivity index is 2.07. The van der Waals surface area contributed by atoms with Crippen LogP contribution in [0.3, 0.4) is 0 Å². The van der Waals surface area contributed by atoms with Crippen molar-refractivity contribution in [1.82, 2.24) is 14.3 Å². The van der Waals surface area contributed by atoms with Crippen molar-refractivity contribution in [2.45, 2.75) is 20.0 Å². The third kappa shape index (κ3) is 3.80. The first-order valence-corrected chi connectivity index (χ1v) is 10.2. The molecule has 8 heteroatoms. The average Bonchev–Trinajstić information content (AvgIpc) is 3.23. The van der Waals surface area contributed by atoms with Gasteiger partial charge in [0.15, 0.2) is 10.5 Å². The first-order chi connectivity index (χ1) is 12.2. The van der Waals surface area contributed by atoms with E-state index >= 15 is 0 Å². The molecule has 1 aromatic carbocycles. The topological polar surface area (TPSA) is 61.4 Å². The molecule has 0 N–H and O–H groups in total. The minimum absolute atomic E-state index is 0.316. The lowest BCUT2D eigenvalue weighted by Gasteiger charge is -2.04. The van der Waals surface area contributed by atoms with Gasteiger partial charge in [0.1, 0.15) is 5.75 Å². The van der Waals surface area contributed by atoms with Crippen LogP contribution in [0.4, 0.5) is 0 Å². The largest absolute Gasteiger partial charge is 0.497 e. The lowest BCUT2D eigenvalue weighted by atomic mass is 10.3. The molecule has 1 amide bonds. The van der Waals surface area contributed by atoms with Crippen molar-refractivity contribution < 1.29 is 9.53 Å². The van der Waals surface area contributed by atoms with Crippen LogP contribution in [0.15, 0.2) is 35.5 Å². The van der Waals surface area contributed by atoms with Crippen molar-refractivity contribution in [2.75, 3.05) is 19.1 Å². The highest BCUT2D eigenvalue weighted by atomic mass is 32.2. The van der Waals surface area contributed by atoms with Crippen LogP contribution in [-0.4, -0.2) is 39.4 Å².